The van der Waals surface area contributed by atoms with Crippen molar-refractivity contribution in [2.45, 2.75) is 112 Å². The number of hydrogen-bond acceptors (Lipinski definition) is 6. The molecule has 5 rings (SSSR count). The molecule has 0 aliphatic carbocycles. The topological polar surface area (TPSA) is 82.1 Å². The van der Waals surface area contributed by atoms with E-state index in [4.69, 9.17) is 14.1 Å². The fraction of sp³-hybridized carbons (Fsp3) is 0.462. The molecule has 0 radical (unpaired) electrons. The first-order valence-corrected chi connectivity index (χ1v) is 16.7. The van der Waals surface area contributed by atoms with Gasteiger partial charge in [0.2, 0.25) is 0 Å². The lowest BCUT2D eigenvalue weighted by atomic mass is 9.70. The lowest BCUT2D eigenvalue weighted by Crippen LogP contribution is -2.41. The van der Waals surface area contributed by atoms with Crippen molar-refractivity contribution in [2.75, 3.05) is 0 Å². The molecule has 2 amide bonds. The maximum absolute atomic E-state index is 12.8. The molecule has 8 heteroatoms. The van der Waals surface area contributed by atoms with Crippen LogP contribution in [0.5, 0.6) is 0 Å². The van der Waals surface area contributed by atoms with Gasteiger partial charge < -0.3 is 14.1 Å². The van der Waals surface area contributed by atoms with E-state index in [-0.39, 0.29) is 18.3 Å². The molecule has 2 aliphatic rings. The van der Waals surface area contributed by atoms with E-state index in [1.165, 1.54) is 5.56 Å². The number of hydroxylamine groups is 2. The molecule has 47 heavy (non-hydrogen) atoms. The Morgan fingerprint density at radius 1 is 0.702 bits per heavy atom. The lowest BCUT2D eigenvalue weighted by molar-refractivity contribution is -0.173. The van der Waals surface area contributed by atoms with Gasteiger partial charge in [-0.1, -0.05) is 79.6 Å². The van der Waals surface area contributed by atoms with Crippen LogP contribution in [-0.4, -0.2) is 41.2 Å². The molecule has 0 bridgehead atoms. The Morgan fingerprint density at radius 3 is 1.53 bits per heavy atom. The van der Waals surface area contributed by atoms with Crippen LogP contribution in [-0.2, 0) is 31.8 Å². The van der Waals surface area contributed by atoms with Gasteiger partial charge in [0, 0.05) is 0 Å². The summed E-state index contributed by atoms with van der Waals surface area (Å²) in [5.41, 5.74) is 6.21. The second kappa shape index (κ2) is 14.6. The van der Waals surface area contributed by atoms with Crippen molar-refractivity contribution in [2.24, 2.45) is 5.92 Å². The smallest absolute Gasteiger partial charge is 0.403 e. The molecule has 0 saturated carbocycles. The number of benzene rings is 3. The standard InChI is InChI=1S/C23H25NO4.C16H25BO2/c1-13(11-12-18-9-7-6-8-10-18)23(27)28-24-21(25)19-16(4)14(2)15(3)17(5)20(19)22(24)26;1-13(11-12-14-9-7-6-8-10-14)17-18-15(2,3)16(4,5)19-17/h6-10,13H,11-12H2,1-5H3;6-10,13H,11-12H2,1-5H3. The monoisotopic (exact) mass is 639 g/mol. The van der Waals surface area contributed by atoms with Crippen LogP contribution in [0.2, 0.25) is 5.82 Å². The van der Waals surface area contributed by atoms with Gasteiger partial charge in [-0.15, -0.1) is 0 Å². The van der Waals surface area contributed by atoms with Gasteiger partial charge >= 0.3 is 13.1 Å². The number of carbonyl (C=O) groups is 3. The molecule has 7 nitrogen and oxygen atoms in total. The van der Waals surface area contributed by atoms with Gasteiger partial charge in [-0.2, -0.15) is 0 Å². The minimum Gasteiger partial charge on any atom is -0.403 e. The second-order valence-corrected chi connectivity index (χ2v) is 14.1. The molecule has 2 atom stereocenters. The van der Waals surface area contributed by atoms with Crippen LogP contribution >= 0.6 is 0 Å². The highest BCUT2D eigenvalue weighted by molar-refractivity contribution is 6.47. The first-order valence-electron chi connectivity index (χ1n) is 16.7. The van der Waals surface area contributed by atoms with Gasteiger partial charge in [-0.3, -0.25) is 9.59 Å². The first kappa shape index (κ1) is 36.1. The van der Waals surface area contributed by atoms with Crippen LogP contribution in [0.25, 0.3) is 0 Å². The van der Waals surface area contributed by atoms with Crippen LogP contribution in [0.4, 0.5) is 0 Å². The molecule has 2 aliphatic heterocycles. The van der Waals surface area contributed by atoms with E-state index in [0.717, 1.165) is 47.1 Å². The molecule has 0 spiro atoms. The van der Waals surface area contributed by atoms with Crippen LogP contribution in [0.1, 0.15) is 108 Å². The average molecular weight is 640 g/mol. The van der Waals surface area contributed by atoms with E-state index >= 15 is 0 Å². The van der Waals surface area contributed by atoms with E-state index in [1.807, 2.05) is 58.0 Å². The van der Waals surface area contributed by atoms with Crippen LogP contribution < -0.4 is 0 Å². The number of imide groups is 1. The number of nitrogens with zero attached hydrogens (tertiary/aromatic N) is 1. The molecule has 3 aromatic rings. The Bertz CT molecular complexity index is 1540. The first-order chi connectivity index (χ1) is 22.1. The van der Waals surface area contributed by atoms with Crippen LogP contribution in [0, 0.1) is 33.6 Å². The summed E-state index contributed by atoms with van der Waals surface area (Å²) in [5, 5.41) is 0.630. The number of fused-ring (bicyclic) bond motifs is 1. The number of aryl methyl sites for hydroxylation is 2. The Kier molecular flexibility index (Phi) is 11.2. The minimum absolute atomic E-state index is 0.0892. The van der Waals surface area contributed by atoms with Gasteiger partial charge in [0.1, 0.15) is 0 Å². The van der Waals surface area contributed by atoms with Gasteiger partial charge in [0.25, 0.3) is 11.8 Å². The third kappa shape index (κ3) is 7.87. The molecule has 0 aromatic heterocycles. The van der Waals surface area contributed by atoms with E-state index in [1.54, 1.807) is 6.92 Å². The summed E-state index contributed by atoms with van der Waals surface area (Å²) in [6.45, 7) is 19.9. The third-order valence-corrected chi connectivity index (χ3v) is 10.2. The maximum Gasteiger partial charge on any atom is 0.460 e. The highest BCUT2D eigenvalue weighted by Crippen LogP contribution is 2.41. The predicted molar refractivity (Wildman–Crippen MR) is 186 cm³/mol. The summed E-state index contributed by atoms with van der Waals surface area (Å²) in [5.74, 6) is -1.73. The second-order valence-electron chi connectivity index (χ2n) is 14.1. The maximum atomic E-state index is 12.8. The van der Waals surface area contributed by atoms with Gasteiger partial charge in [0.15, 0.2) is 0 Å². The van der Waals surface area contributed by atoms with Crippen molar-refractivity contribution in [3.05, 3.63) is 105 Å². The van der Waals surface area contributed by atoms with Crippen LogP contribution in [0.3, 0.4) is 0 Å². The summed E-state index contributed by atoms with van der Waals surface area (Å²) in [4.78, 5) is 43.4. The zero-order valence-electron chi connectivity index (χ0n) is 29.7. The van der Waals surface area contributed by atoms with Crippen molar-refractivity contribution in [3.63, 3.8) is 0 Å². The zero-order valence-corrected chi connectivity index (χ0v) is 29.7. The van der Waals surface area contributed by atoms with E-state index in [2.05, 4.69) is 65.0 Å². The Hall–Kier alpha value is -3.75. The molecule has 0 N–H and O–H groups in total. The molecule has 2 heterocycles. The molecular weight excluding hydrogens is 589 g/mol. The van der Waals surface area contributed by atoms with Crippen molar-refractivity contribution in [3.8, 4) is 0 Å². The number of hydrogen-bond donors (Lipinski definition) is 0. The van der Waals surface area contributed by atoms with Gasteiger partial charge in [0.05, 0.1) is 28.2 Å². The highest BCUT2D eigenvalue weighted by atomic mass is 16.7. The number of rotatable bonds is 9. The molecule has 1 saturated heterocycles. The fourth-order valence-corrected chi connectivity index (χ4v) is 5.85. The molecule has 2 unspecified atom stereocenters. The SMILES string of the molecule is CC(CCc1ccccc1)B1OC(C)(C)C(C)(C)O1.Cc1c(C)c(C)c2c(c1C)C(=O)N(OC(=O)C(C)CCc1ccccc1)C2=O. The molecular formula is C39H50BNO6. The third-order valence-electron chi connectivity index (χ3n) is 10.2. The highest BCUT2D eigenvalue weighted by Gasteiger charge is 2.52. The van der Waals surface area contributed by atoms with Crippen molar-refractivity contribution < 1.29 is 28.5 Å². The summed E-state index contributed by atoms with van der Waals surface area (Å²) in [6.07, 6.45) is 3.45. The predicted octanol–water partition coefficient (Wildman–Crippen LogP) is 8.34. The quantitative estimate of drug-likeness (QED) is 0.173. The zero-order chi connectivity index (χ0) is 34.7. The minimum atomic E-state index is -0.575. The average Bonchev–Trinajstić information content (AvgIpc) is 3.43. The Morgan fingerprint density at radius 2 is 1.11 bits per heavy atom. The molecule has 3 aromatic carbocycles. The van der Waals surface area contributed by atoms with Crippen molar-refractivity contribution in [1.82, 2.24) is 5.06 Å². The summed E-state index contributed by atoms with van der Waals surface area (Å²) >= 11 is 0. The summed E-state index contributed by atoms with van der Waals surface area (Å²) in [6, 6.07) is 20.4. The summed E-state index contributed by atoms with van der Waals surface area (Å²) < 4.78 is 12.2. The van der Waals surface area contributed by atoms with Gasteiger partial charge in [-0.25, -0.2) is 4.79 Å². The van der Waals surface area contributed by atoms with Crippen molar-refractivity contribution in [1.29, 1.82) is 0 Å². The summed E-state index contributed by atoms with van der Waals surface area (Å²) in [7, 11) is -0.0892. The fourth-order valence-electron chi connectivity index (χ4n) is 5.85. The number of amides is 2. The lowest BCUT2D eigenvalue weighted by Gasteiger charge is -2.32. The van der Waals surface area contributed by atoms with Gasteiger partial charge in [-0.05, 0) is 120 Å². The van der Waals surface area contributed by atoms with Crippen LogP contribution in [0.15, 0.2) is 60.7 Å². The van der Waals surface area contributed by atoms with E-state index in [9.17, 15) is 14.4 Å². The van der Waals surface area contributed by atoms with E-state index < -0.39 is 23.7 Å². The Balaban J connectivity index is 0.000000229. The van der Waals surface area contributed by atoms with E-state index in [0.29, 0.717) is 28.4 Å². The largest absolute Gasteiger partial charge is 0.460 e. The Labute approximate surface area is 281 Å². The van der Waals surface area contributed by atoms with Crippen molar-refractivity contribution >= 4 is 24.9 Å². The normalized spacial score (nSPS) is 17.6. The number of carbonyl (C=O) groups excluding carboxylic acids is 3. The molecule has 250 valence electrons. The molecule has 1 fully saturated rings.